The van der Waals surface area contributed by atoms with Crippen LogP contribution < -0.4 is 5.43 Å². The van der Waals surface area contributed by atoms with Crippen molar-refractivity contribution in [1.29, 1.82) is 0 Å². The number of hydrogen-bond donors (Lipinski definition) is 1. The van der Waals surface area contributed by atoms with Crippen LogP contribution in [0.1, 0.15) is 120 Å². The zero-order valence-electron chi connectivity index (χ0n) is 29.5. The fourth-order valence-electron chi connectivity index (χ4n) is 11.2. The van der Waals surface area contributed by atoms with E-state index in [4.69, 9.17) is 43.6 Å². The molecule has 0 radical (unpaired) electrons. The first kappa shape index (κ1) is 32.4. The molecule has 260 valence electrons. The van der Waals surface area contributed by atoms with Crippen molar-refractivity contribution in [3.8, 4) is 0 Å². The van der Waals surface area contributed by atoms with Crippen molar-refractivity contribution in [3.05, 3.63) is 0 Å². The summed E-state index contributed by atoms with van der Waals surface area (Å²) in [5.41, 5.74) is 3.02. The van der Waals surface area contributed by atoms with E-state index in [9.17, 15) is 0 Å². The van der Waals surface area contributed by atoms with Gasteiger partial charge in [0.25, 0.3) is 0 Å². The SMILES string of the molecule is C[C@H]1[C@@H](/C(CC2O[C@@H]3O[C@]4(C)CC[C@H]5[C@H](C)CC[C@@H]([C@H]2C)[C@@]35OO4)=N\NC(C)(C)C)O[C@@H]2O[C@]3(C)CC[C@H]4[C@H](C)CC[C@@H]1[C@@]24OO3. The van der Waals surface area contributed by atoms with Gasteiger partial charge in [0.2, 0.25) is 11.6 Å². The molecule has 1 unspecified atom stereocenters. The fraction of sp³-hybridized carbons (Fsp3) is 0.972. The molecule has 10 nitrogen and oxygen atoms in total. The lowest BCUT2D eigenvalue weighted by molar-refractivity contribution is -0.571. The van der Waals surface area contributed by atoms with Crippen LogP contribution in [0.5, 0.6) is 0 Å². The van der Waals surface area contributed by atoms with Crippen molar-refractivity contribution in [2.24, 2.45) is 52.4 Å². The van der Waals surface area contributed by atoms with Gasteiger partial charge in [-0.05, 0) is 109 Å². The number of hydrazone groups is 1. The molecule has 2 aliphatic carbocycles. The monoisotopic (exact) mass is 646 g/mol. The minimum absolute atomic E-state index is 0.115. The number of nitrogens with zero attached hydrogens (tertiary/aromatic N) is 1. The average Bonchev–Trinajstić information content (AvgIpc) is 3.37. The lowest BCUT2D eigenvalue weighted by Crippen LogP contribution is -2.71. The Morgan fingerprint density at radius 2 is 1.20 bits per heavy atom. The predicted molar refractivity (Wildman–Crippen MR) is 169 cm³/mol. The standard InChI is InChI=1S/C36H58N2O8/c1-19-10-12-25-21(3)28(39-30-35(25)23(19)14-16-33(8,41-30)43-45-35)18-27(37-38-32(5,6)7)29-22(4)26-13-11-20(2)24-15-17-34(9)42-31(40-29)36(24,26)46-44-34/h19-26,28-31,38H,10-18H2,1-9H3/b37-27-/t19-,20-,21-,22-,23+,24+,25+,26+,28?,29+,30-,31-,33+,34+,35-,36-/m1/s1. The Labute approximate surface area is 275 Å². The molecule has 1 N–H and O–H groups in total. The van der Waals surface area contributed by atoms with Crippen LogP contribution in [0.3, 0.4) is 0 Å². The molecule has 0 aromatic rings. The van der Waals surface area contributed by atoms with Crippen LogP contribution in [0.25, 0.3) is 0 Å². The van der Waals surface area contributed by atoms with E-state index in [0.717, 1.165) is 44.2 Å². The summed E-state index contributed by atoms with van der Waals surface area (Å²) in [4.78, 5) is 25.1. The van der Waals surface area contributed by atoms with E-state index in [2.05, 4.69) is 53.9 Å². The molecule has 0 amide bonds. The minimum Gasteiger partial charge on any atom is -0.345 e. The van der Waals surface area contributed by atoms with Gasteiger partial charge in [-0.25, -0.2) is 19.6 Å². The Morgan fingerprint density at radius 3 is 1.74 bits per heavy atom. The highest BCUT2D eigenvalue weighted by Crippen LogP contribution is 2.63. The van der Waals surface area contributed by atoms with Crippen LogP contribution in [0, 0.1) is 47.3 Å². The van der Waals surface area contributed by atoms with Gasteiger partial charge in [0.05, 0.1) is 11.8 Å². The van der Waals surface area contributed by atoms with Crippen LogP contribution in [-0.2, 0) is 38.5 Å². The number of hydrogen-bond acceptors (Lipinski definition) is 10. The third-order valence-corrected chi connectivity index (χ3v) is 13.7. The first-order chi connectivity index (χ1) is 21.7. The summed E-state index contributed by atoms with van der Waals surface area (Å²) in [6.45, 7) is 19.8. The van der Waals surface area contributed by atoms with Gasteiger partial charge in [0.1, 0.15) is 6.10 Å². The van der Waals surface area contributed by atoms with E-state index in [0.29, 0.717) is 30.1 Å². The molecule has 2 spiro atoms. The lowest BCUT2D eigenvalue weighted by atomic mass is 9.56. The molecule has 0 aromatic heterocycles. The quantitative estimate of drug-likeness (QED) is 0.205. The maximum Gasteiger partial charge on any atom is 0.201 e. The molecule has 4 bridgehead atoms. The van der Waals surface area contributed by atoms with E-state index in [1.54, 1.807) is 0 Å². The Kier molecular flexibility index (Phi) is 7.61. The van der Waals surface area contributed by atoms with Gasteiger partial charge in [-0.3, -0.25) is 0 Å². The molecule has 8 saturated heterocycles. The molecule has 46 heavy (non-hydrogen) atoms. The van der Waals surface area contributed by atoms with Gasteiger partial charge in [0, 0.05) is 36.6 Å². The highest BCUT2D eigenvalue weighted by atomic mass is 17.3. The molecule has 8 heterocycles. The third-order valence-electron chi connectivity index (χ3n) is 13.7. The minimum atomic E-state index is -0.818. The van der Waals surface area contributed by atoms with Gasteiger partial charge >= 0.3 is 0 Å². The number of ether oxygens (including phenoxy) is 4. The number of fused-ring (bicyclic) bond motifs is 4. The first-order valence-corrected chi connectivity index (χ1v) is 18.4. The van der Waals surface area contributed by atoms with E-state index in [1.165, 1.54) is 12.8 Å². The molecule has 8 aliphatic heterocycles. The summed E-state index contributed by atoms with van der Waals surface area (Å²) in [7, 11) is 0. The van der Waals surface area contributed by atoms with Crippen molar-refractivity contribution in [1.82, 2.24) is 5.43 Å². The van der Waals surface area contributed by atoms with Crippen molar-refractivity contribution in [3.63, 3.8) is 0 Å². The van der Waals surface area contributed by atoms with Gasteiger partial charge in [-0.1, -0.05) is 27.7 Å². The van der Waals surface area contributed by atoms with Crippen LogP contribution in [0.2, 0.25) is 0 Å². The maximum absolute atomic E-state index is 7.12. The lowest BCUT2D eigenvalue weighted by Gasteiger charge is -2.61. The summed E-state index contributed by atoms with van der Waals surface area (Å²) in [5.74, 6) is 0.932. The molecule has 16 atom stereocenters. The second kappa shape index (κ2) is 10.8. The van der Waals surface area contributed by atoms with Crippen LogP contribution in [-0.4, -0.2) is 58.8 Å². The van der Waals surface area contributed by atoms with Crippen LogP contribution >= 0.6 is 0 Å². The highest BCUT2D eigenvalue weighted by Gasteiger charge is 2.71. The third kappa shape index (κ3) is 4.74. The molecule has 10 aliphatic rings. The van der Waals surface area contributed by atoms with Crippen molar-refractivity contribution < 1.29 is 38.5 Å². The van der Waals surface area contributed by atoms with Crippen molar-refractivity contribution >= 4 is 5.71 Å². The van der Waals surface area contributed by atoms with Crippen molar-refractivity contribution in [2.45, 2.75) is 173 Å². The average molecular weight is 647 g/mol. The van der Waals surface area contributed by atoms with Gasteiger partial charge in [0.15, 0.2) is 23.8 Å². The fourth-order valence-corrected chi connectivity index (χ4v) is 11.2. The van der Waals surface area contributed by atoms with Crippen LogP contribution in [0.15, 0.2) is 5.10 Å². The summed E-state index contributed by atoms with van der Waals surface area (Å²) < 4.78 is 27.6. The van der Waals surface area contributed by atoms with Crippen molar-refractivity contribution in [2.75, 3.05) is 0 Å². The predicted octanol–water partition coefficient (Wildman–Crippen LogP) is 6.62. The highest BCUT2D eigenvalue weighted by molar-refractivity contribution is 5.89. The Hall–Kier alpha value is -0.850. The van der Waals surface area contributed by atoms with E-state index in [1.807, 2.05) is 13.8 Å². The van der Waals surface area contributed by atoms with Gasteiger partial charge < -0.3 is 24.4 Å². The second-order valence-electron chi connectivity index (χ2n) is 17.9. The zero-order valence-corrected chi connectivity index (χ0v) is 29.5. The number of nitrogens with one attached hydrogen (secondary N) is 1. The summed E-state index contributed by atoms with van der Waals surface area (Å²) >= 11 is 0. The van der Waals surface area contributed by atoms with Gasteiger partial charge in [-0.15, -0.1) is 0 Å². The molecule has 2 saturated carbocycles. The topological polar surface area (TPSA) is 98.2 Å². The number of rotatable bonds is 4. The molecular weight excluding hydrogens is 588 g/mol. The Bertz CT molecular complexity index is 1230. The first-order valence-electron chi connectivity index (χ1n) is 18.4. The zero-order chi connectivity index (χ0) is 32.4. The molecule has 10 heteroatoms. The molecule has 0 aromatic carbocycles. The Morgan fingerprint density at radius 1 is 0.674 bits per heavy atom. The van der Waals surface area contributed by atoms with Crippen LogP contribution in [0.4, 0.5) is 0 Å². The Balaban J connectivity index is 1.13. The van der Waals surface area contributed by atoms with E-state index in [-0.39, 0.29) is 41.4 Å². The molecular formula is C36H58N2O8. The largest absolute Gasteiger partial charge is 0.345 e. The molecule has 10 fully saturated rings. The smallest absolute Gasteiger partial charge is 0.201 e. The van der Waals surface area contributed by atoms with E-state index < -0.39 is 35.4 Å². The second-order valence-corrected chi connectivity index (χ2v) is 17.9. The van der Waals surface area contributed by atoms with E-state index >= 15 is 0 Å². The van der Waals surface area contributed by atoms with Gasteiger partial charge in [-0.2, -0.15) is 5.10 Å². The maximum atomic E-state index is 7.12. The summed E-state index contributed by atoms with van der Waals surface area (Å²) in [6, 6.07) is 0. The summed E-state index contributed by atoms with van der Waals surface area (Å²) in [5, 5.41) is 5.17. The normalized spacial score (nSPS) is 56.4. The summed E-state index contributed by atoms with van der Waals surface area (Å²) in [6.07, 6.45) is 7.35. The molecule has 10 rings (SSSR count).